The van der Waals surface area contributed by atoms with Crippen molar-refractivity contribution in [1.29, 1.82) is 0 Å². The molecule has 2 heterocycles. The average Bonchev–Trinajstić information content (AvgIpc) is 4.17. The summed E-state index contributed by atoms with van der Waals surface area (Å²) in [6.45, 7) is 1.66. The smallest absolute Gasteiger partial charge is 0.307 e. The van der Waals surface area contributed by atoms with Crippen LogP contribution in [0.5, 0.6) is 11.5 Å². The molecule has 17 nitrogen and oxygen atoms in total. The minimum Gasteiger partial charge on any atom is -0.494 e. The Balaban J connectivity index is 0.000000172. The third-order valence-corrected chi connectivity index (χ3v) is 15.8. The number of carboxylic acid groups (broad SMARTS) is 1. The Morgan fingerprint density at radius 2 is 1.00 bits per heavy atom. The van der Waals surface area contributed by atoms with E-state index in [9.17, 15) is 36.0 Å². The number of benzene rings is 4. The fraction of sp³-hybridized carbons (Fsp3) is 0.296. The van der Waals surface area contributed by atoms with E-state index in [2.05, 4.69) is 24.5 Å². The second kappa shape index (κ2) is 23.3. The van der Waals surface area contributed by atoms with Crippen LogP contribution in [0.2, 0.25) is 10.0 Å². The fourth-order valence-corrected chi connectivity index (χ4v) is 10.1. The first kappa shape index (κ1) is 54.4. The number of sulfonamides is 2. The third-order valence-electron chi connectivity index (χ3n) is 13.0. The molecule has 4 aromatic carbocycles. The van der Waals surface area contributed by atoms with Gasteiger partial charge < -0.3 is 24.4 Å². The number of nitrogens with zero attached hydrogens (tertiary/aromatic N) is 4. The summed E-state index contributed by atoms with van der Waals surface area (Å²) in [5.74, 6) is -2.88. The summed E-state index contributed by atoms with van der Waals surface area (Å²) in [6, 6.07) is 34.2. The summed E-state index contributed by atoms with van der Waals surface area (Å²) in [5, 5.41) is 15.2. The van der Waals surface area contributed by atoms with Gasteiger partial charge in [-0.25, -0.2) is 36.7 Å². The van der Waals surface area contributed by atoms with Crippen molar-refractivity contribution in [2.75, 3.05) is 37.1 Å². The number of aromatic nitrogens is 2. The molecule has 10 rings (SSSR count). The van der Waals surface area contributed by atoms with Crippen molar-refractivity contribution >= 4 is 89.4 Å². The summed E-state index contributed by atoms with van der Waals surface area (Å²) in [6.07, 6.45) is 8.62. The lowest BCUT2D eigenvalue weighted by Crippen LogP contribution is -2.32. The van der Waals surface area contributed by atoms with Gasteiger partial charge in [-0.2, -0.15) is 0 Å². The number of carboxylic acids is 1. The molecule has 0 bridgehead atoms. The lowest BCUT2D eigenvalue weighted by Gasteiger charge is -2.25. The lowest BCUT2D eigenvalue weighted by atomic mass is 10.1. The van der Waals surface area contributed by atoms with E-state index in [1.807, 2.05) is 48.5 Å². The molecule has 75 heavy (non-hydrogen) atoms. The molecule has 0 spiro atoms. The summed E-state index contributed by atoms with van der Waals surface area (Å²) in [7, 11) is -4.55. The number of methoxy groups -OCH3 is 2. The highest BCUT2D eigenvalue weighted by Crippen LogP contribution is 2.45. The molecule has 0 aliphatic heterocycles. The van der Waals surface area contributed by atoms with Crippen molar-refractivity contribution in [3.8, 4) is 11.5 Å². The number of halogens is 2. The van der Waals surface area contributed by atoms with Gasteiger partial charge in [0.15, 0.2) is 11.6 Å². The number of nitrogens with one attached hydrogen (secondary N) is 1. The van der Waals surface area contributed by atoms with Gasteiger partial charge in [0.25, 0.3) is 10.0 Å². The number of primary sulfonamides is 1. The number of rotatable bonds is 19. The summed E-state index contributed by atoms with van der Waals surface area (Å²) in [4.78, 5) is 62.7. The zero-order chi connectivity index (χ0) is 53.6. The predicted molar refractivity (Wildman–Crippen MR) is 283 cm³/mol. The topological polar surface area (TPSA) is 246 Å². The molecule has 1 amide bonds. The molecule has 4 atom stereocenters. The zero-order valence-electron chi connectivity index (χ0n) is 40.8. The Morgan fingerprint density at radius 3 is 1.36 bits per heavy atom. The standard InChI is InChI=1S/C27H26ClN3O5S.C21H21ClN2O4.C6H7NO2S/c1-36-24-13-20(31(16-17-7-8-17)19-11-9-18(28)10-12-19)15-29-25(24)26(32)22-14-23(22)27(33)30-37(34,35)21-5-3-2-4-6-21;1-28-18-8-15(10-23-19(18)20(25)16-9-17(16)21(26)27)24(11-12-2-3-12)14-6-4-13(22)5-7-14;7-10(8,9)6-4-2-1-3-5-6/h2-6,9-13,15,17,22-23H,7-8,14,16H2,1H3,(H,30,33);4-8,10,12,16-17H,2-3,9,11H2,1H3,(H,26,27);1-5H,(H2,7,8,9). The molecule has 21 heteroatoms. The molecule has 0 radical (unpaired) electrons. The van der Waals surface area contributed by atoms with Crippen LogP contribution in [0.3, 0.4) is 0 Å². The van der Waals surface area contributed by atoms with Gasteiger partial charge in [0.05, 0.1) is 53.7 Å². The molecule has 4 fully saturated rings. The molecular formula is C54H54Cl2N6O11S2. The van der Waals surface area contributed by atoms with Crippen molar-refractivity contribution in [3.63, 3.8) is 0 Å². The number of ether oxygens (including phenoxy) is 2. The van der Waals surface area contributed by atoms with Gasteiger partial charge in [-0.15, -0.1) is 0 Å². The number of amides is 1. The summed E-state index contributed by atoms with van der Waals surface area (Å²) in [5.41, 5.74) is 3.88. The minimum absolute atomic E-state index is 0.0118. The molecule has 2 aromatic heterocycles. The van der Waals surface area contributed by atoms with Gasteiger partial charge in [0, 0.05) is 64.4 Å². The second-order valence-corrected chi connectivity index (χ2v) is 22.8. The maximum Gasteiger partial charge on any atom is 0.307 e. The van der Waals surface area contributed by atoms with Crippen molar-refractivity contribution in [2.24, 2.45) is 40.6 Å². The van der Waals surface area contributed by atoms with E-state index in [1.54, 1.807) is 60.9 Å². The maximum atomic E-state index is 13.2. The third kappa shape index (κ3) is 14.1. The minimum atomic E-state index is -4.01. The van der Waals surface area contributed by atoms with Crippen LogP contribution in [0, 0.1) is 35.5 Å². The van der Waals surface area contributed by atoms with E-state index in [-0.39, 0.29) is 39.2 Å². The second-order valence-electron chi connectivity index (χ2n) is 18.7. The quantitative estimate of drug-likeness (QED) is 0.0640. The van der Waals surface area contributed by atoms with Crippen LogP contribution in [0.15, 0.2) is 144 Å². The lowest BCUT2D eigenvalue weighted by molar-refractivity contribution is -0.138. The van der Waals surface area contributed by atoms with E-state index < -0.39 is 55.6 Å². The first-order chi connectivity index (χ1) is 35.8. The van der Waals surface area contributed by atoms with Crippen molar-refractivity contribution in [1.82, 2.24) is 14.7 Å². The molecule has 4 aliphatic rings. The number of Topliss-reactive ketones (excluding diaryl/α,β-unsaturated/α-hetero) is 2. The molecule has 4 aliphatic carbocycles. The molecule has 0 saturated heterocycles. The van der Waals surface area contributed by atoms with Gasteiger partial charge in [0.2, 0.25) is 15.9 Å². The monoisotopic (exact) mass is 1100 g/mol. The zero-order valence-corrected chi connectivity index (χ0v) is 43.9. The molecule has 4 saturated carbocycles. The predicted octanol–water partition coefficient (Wildman–Crippen LogP) is 9.14. The number of hydrogen-bond acceptors (Lipinski definition) is 14. The number of pyridine rings is 2. The van der Waals surface area contributed by atoms with Gasteiger partial charge in [0.1, 0.15) is 22.9 Å². The molecule has 4 N–H and O–H groups in total. The average molecular weight is 1100 g/mol. The number of carbonyl (C=O) groups is 4. The number of hydrogen-bond donors (Lipinski definition) is 3. The number of nitrogens with two attached hydrogens (primary N) is 1. The normalized spacial score (nSPS) is 18.4. The van der Waals surface area contributed by atoms with Crippen molar-refractivity contribution in [2.45, 2.75) is 48.3 Å². The molecular weight excluding hydrogens is 1040 g/mol. The van der Waals surface area contributed by atoms with E-state index in [0.717, 1.165) is 48.7 Å². The maximum absolute atomic E-state index is 13.2. The first-order valence-corrected chi connectivity index (χ1v) is 27.8. The van der Waals surface area contributed by atoms with Crippen molar-refractivity contribution in [3.05, 3.63) is 155 Å². The number of ketones is 2. The fourth-order valence-electron chi connectivity index (χ4n) is 8.28. The van der Waals surface area contributed by atoms with Crippen LogP contribution in [0.4, 0.5) is 22.7 Å². The van der Waals surface area contributed by atoms with Gasteiger partial charge in [-0.3, -0.25) is 19.2 Å². The van der Waals surface area contributed by atoms with Crippen LogP contribution in [0.1, 0.15) is 59.5 Å². The highest BCUT2D eigenvalue weighted by molar-refractivity contribution is 7.90. The van der Waals surface area contributed by atoms with Crippen LogP contribution in [-0.4, -0.2) is 82.7 Å². The van der Waals surface area contributed by atoms with E-state index in [1.165, 1.54) is 51.3 Å². The Bertz CT molecular complexity index is 3280. The van der Waals surface area contributed by atoms with Crippen LogP contribution in [0.25, 0.3) is 0 Å². The number of anilines is 4. The number of aliphatic carboxylic acids is 1. The van der Waals surface area contributed by atoms with Crippen LogP contribution in [-0.2, 0) is 29.6 Å². The highest BCUT2D eigenvalue weighted by Gasteiger charge is 2.51. The van der Waals surface area contributed by atoms with E-state index >= 15 is 0 Å². The van der Waals surface area contributed by atoms with Gasteiger partial charge in [-0.05, 0) is 123 Å². The summed E-state index contributed by atoms with van der Waals surface area (Å²) < 4.78 is 59.2. The van der Waals surface area contributed by atoms with E-state index in [4.69, 9.17) is 42.9 Å². The van der Waals surface area contributed by atoms with E-state index in [0.29, 0.717) is 39.8 Å². The largest absolute Gasteiger partial charge is 0.494 e. The molecule has 6 aromatic rings. The van der Waals surface area contributed by atoms with Crippen molar-refractivity contribution < 1.29 is 50.6 Å². The summed E-state index contributed by atoms with van der Waals surface area (Å²) >= 11 is 12.1. The number of carbonyl (C=O) groups excluding carboxylic acids is 3. The Labute approximate surface area is 445 Å². The Morgan fingerprint density at radius 1 is 0.600 bits per heavy atom. The first-order valence-electron chi connectivity index (χ1n) is 24.0. The Hall–Kier alpha value is -6.90. The van der Waals surface area contributed by atoms with Crippen LogP contribution >= 0.6 is 23.2 Å². The molecule has 392 valence electrons. The molecule has 4 unspecified atom stereocenters. The highest BCUT2D eigenvalue weighted by atomic mass is 35.5. The van der Waals surface area contributed by atoms with Gasteiger partial charge in [-0.1, -0.05) is 59.6 Å². The van der Waals surface area contributed by atoms with Crippen LogP contribution < -0.4 is 29.1 Å². The SMILES string of the molecule is COc1cc(N(CC2CC2)c2ccc(Cl)cc2)cnc1C(=O)C1CC1C(=O)NS(=O)(=O)c1ccccc1.COc1cc(N(CC2CC2)c2ccc(Cl)cc2)cnc1C(=O)C1CC1C(=O)O.NS(=O)(=O)c1ccccc1. The Kier molecular flexibility index (Phi) is 16.9. The van der Waals surface area contributed by atoms with Gasteiger partial charge >= 0.3 is 5.97 Å².